The van der Waals surface area contributed by atoms with Crippen LogP contribution in [0.1, 0.15) is 23.0 Å². The fourth-order valence-corrected chi connectivity index (χ4v) is 2.64. The highest BCUT2D eigenvalue weighted by molar-refractivity contribution is 5.76. The molecule has 0 saturated heterocycles. The zero-order chi connectivity index (χ0) is 15.0. The Morgan fingerprint density at radius 1 is 1.19 bits per heavy atom. The minimum Gasteiger partial charge on any atom is -0.508 e. The smallest absolute Gasteiger partial charge is 0.126 e. The summed E-state index contributed by atoms with van der Waals surface area (Å²) in [6, 6.07) is 13.2. The SMILES string of the molecule is Cc1ccc2c(c1)nc(C(N)Cc1ccc(O)cc1)n2C. The van der Waals surface area contributed by atoms with E-state index >= 15 is 0 Å². The number of aromatic hydroxyl groups is 1. The van der Waals surface area contributed by atoms with Crippen molar-refractivity contribution in [1.29, 1.82) is 0 Å². The fraction of sp³-hybridized carbons (Fsp3) is 0.235. The largest absolute Gasteiger partial charge is 0.508 e. The number of nitrogens with zero attached hydrogens (tertiary/aromatic N) is 2. The monoisotopic (exact) mass is 281 g/mol. The number of hydrogen-bond donors (Lipinski definition) is 2. The van der Waals surface area contributed by atoms with Crippen molar-refractivity contribution in [2.75, 3.05) is 0 Å². The molecule has 0 aliphatic heterocycles. The maximum Gasteiger partial charge on any atom is 0.126 e. The maximum absolute atomic E-state index is 9.33. The summed E-state index contributed by atoms with van der Waals surface area (Å²) >= 11 is 0. The third-order valence-electron chi connectivity index (χ3n) is 3.79. The summed E-state index contributed by atoms with van der Waals surface area (Å²) < 4.78 is 2.06. The Kier molecular flexibility index (Phi) is 3.39. The van der Waals surface area contributed by atoms with Crippen molar-refractivity contribution in [2.45, 2.75) is 19.4 Å². The molecule has 2 aromatic carbocycles. The van der Waals surface area contributed by atoms with Gasteiger partial charge in [0.15, 0.2) is 0 Å². The summed E-state index contributed by atoms with van der Waals surface area (Å²) in [6.07, 6.45) is 0.691. The van der Waals surface area contributed by atoms with E-state index in [1.807, 2.05) is 19.2 Å². The molecule has 0 aliphatic carbocycles. The first-order valence-electron chi connectivity index (χ1n) is 7.01. The molecule has 1 aromatic heterocycles. The molecule has 3 aromatic rings. The molecule has 0 amide bonds. The molecule has 0 aliphatic rings. The van der Waals surface area contributed by atoms with Gasteiger partial charge in [-0.1, -0.05) is 18.2 Å². The van der Waals surface area contributed by atoms with E-state index in [1.165, 1.54) is 5.56 Å². The van der Waals surface area contributed by atoms with Gasteiger partial charge in [0.05, 0.1) is 17.1 Å². The summed E-state index contributed by atoms with van der Waals surface area (Å²) in [5, 5.41) is 9.33. The average Bonchev–Trinajstić information content (AvgIpc) is 2.78. The lowest BCUT2D eigenvalue weighted by Gasteiger charge is -2.12. The lowest BCUT2D eigenvalue weighted by Crippen LogP contribution is -2.17. The lowest BCUT2D eigenvalue weighted by atomic mass is 10.1. The summed E-state index contributed by atoms with van der Waals surface area (Å²) in [7, 11) is 2.00. The van der Waals surface area contributed by atoms with Crippen LogP contribution in [0.25, 0.3) is 11.0 Å². The Morgan fingerprint density at radius 2 is 1.90 bits per heavy atom. The van der Waals surface area contributed by atoms with Crippen LogP contribution in [0.5, 0.6) is 5.75 Å². The van der Waals surface area contributed by atoms with Gasteiger partial charge >= 0.3 is 0 Å². The predicted octanol–water partition coefficient (Wildman–Crippen LogP) is 2.83. The maximum atomic E-state index is 9.33. The minimum absolute atomic E-state index is 0.174. The van der Waals surface area contributed by atoms with E-state index in [4.69, 9.17) is 5.73 Å². The number of nitrogens with two attached hydrogens (primary N) is 1. The number of phenols is 1. The van der Waals surface area contributed by atoms with Crippen molar-refractivity contribution < 1.29 is 5.11 Å². The molecular weight excluding hydrogens is 262 g/mol. The molecule has 0 saturated carbocycles. The van der Waals surface area contributed by atoms with Crippen LogP contribution in [0, 0.1) is 6.92 Å². The Balaban J connectivity index is 1.92. The topological polar surface area (TPSA) is 64.1 Å². The van der Waals surface area contributed by atoms with Gasteiger partial charge in [0.2, 0.25) is 0 Å². The zero-order valence-corrected chi connectivity index (χ0v) is 12.2. The predicted molar refractivity (Wildman–Crippen MR) is 84.2 cm³/mol. The van der Waals surface area contributed by atoms with Crippen LogP contribution in [-0.2, 0) is 13.5 Å². The number of benzene rings is 2. The van der Waals surface area contributed by atoms with Crippen molar-refractivity contribution in [3.63, 3.8) is 0 Å². The van der Waals surface area contributed by atoms with Crippen LogP contribution >= 0.6 is 0 Å². The van der Waals surface area contributed by atoms with Crippen LogP contribution in [0.15, 0.2) is 42.5 Å². The van der Waals surface area contributed by atoms with E-state index < -0.39 is 0 Å². The van der Waals surface area contributed by atoms with Gasteiger partial charge < -0.3 is 15.4 Å². The van der Waals surface area contributed by atoms with E-state index in [9.17, 15) is 5.11 Å². The molecule has 0 bridgehead atoms. The molecule has 4 heteroatoms. The summed E-state index contributed by atoms with van der Waals surface area (Å²) in [4.78, 5) is 4.68. The van der Waals surface area contributed by atoms with E-state index in [0.717, 1.165) is 22.4 Å². The number of hydrogen-bond acceptors (Lipinski definition) is 3. The molecule has 0 spiro atoms. The van der Waals surface area contributed by atoms with E-state index in [-0.39, 0.29) is 11.8 Å². The molecule has 1 unspecified atom stereocenters. The van der Waals surface area contributed by atoms with Crippen LogP contribution in [0.3, 0.4) is 0 Å². The van der Waals surface area contributed by atoms with Gasteiger partial charge in [0.25, 0.3) is 0 Å². The average molecular weight is 281 g/mol. The first kappa shape index (κ1) is 13.6. The Labute approximate surface area is 123 Å². The Hall–Kier alpha value is -2.33. The highest BCUT2D eigenvalue weighted by Gasteiger charge is 2.15. The lowest BCUT2D eigenvalue weighted by molar-refractivity contribution is 0.475. The molecule has 0 fully saturated rings. The van der Waals surface area contributed by atoms with Crippen molar-refractivity contribution in [3.05, 3.63) is 59.4 Å². The van der Waals surface area contributed by atoms with Gasteiger partial charge in [-0.3, -0.25) is 0 Å². The van der Waals surface area contributed by atoms with E-state index in [1.54, 1.807) is 12.1 Å². The second-order valence-electron chi connectivity index (χ2n) is 5.50. The molecule has 3 rings (SSSR count). The summed E-state index contributed by atoms with van der Waals surface area (Å²) in [5.74, 6) is 1.15. The van der Waals surface area contributed by atoms with E-state index in [0.29, 0.717) is 6.42 Å². The minimum atomic E-state index is -0.174. The summed E-state index contributed by atoms with van der Waals surface area (Å²) in [6.45, 7) is 2.06. The zero-order valence-electron chi connectivity index (χ0n) is 12.2. The van der Waals surface area contributed by atoms with Gasteiger partial charge in [-0.05, 0) is 48.7 Å². The quantitative estimate of drug-likeness (QED) is 0.776. The second kappa shape index (κ2) is 5.22. The third-order valence-corrected chi connectivity index (χ3v) is 3.79. The summed E-state index contributed by atoms with van der Waals surface area (Å²) in [5.41, 5.74) is 10.7. The van der Waals surface area contributed by atoms with Crippen molar-refractivity contribution >= 4 is 11.0 Å². The van der Waals surface area contributed by atoms with E-state index in [2.05, 4.69) is 34.7 Å². The molecule has 1 heterocycles. The Bertz CT molecular complexity index is 775. The molecule has 4 nitrogen and oxygen atoms in total. The number of fused-ring (bicyclic) bond motifs is 1. The van der Waals surface area contributed by atoms with Gasteiger partial charge in [-0.2, -0.15) is 0 Å². The second-order valence-corrected chi connectivity index (χ2v) is 5.50. The first-order valence-corrected chi connectivity index (χ1v) is 7.01. The highest BCUT2D eigenvalue weighted by Crippen LogP contribution is 2.22. The number of imidazole rings is 1. The van der Waals surface area contributed by atoms with Crippen LogP contribution in [0.2, 0.25) is 0 Å². The molecule has 1 atom stereocenters. The van der Waals surface area contributed by atoms with Crippen molar-refractivity contribution in [3.8, 4) is 5.75 Å². The van der Waals surface area contributed by atoms with Crippen molar-refractivity contribution in [1.82, 2.24) is 9.55 Å². The van der Waals surface area contributed by atoms with Crippen molar-refractivity contribution in [2.24, 2.45) is 12.8 Å². The molecular formula is C17H19N3O. The number of aromatic nitrogens is 2. The normalized spacial score (nSPS) is 12.7. The van der Waals surface area contributed by atoms with Crippen LogP contribution in [0.4, 0.5) is 0 Å². The number of aryl methyl sites for hydroxylation is 2. The number of phenolic OH excluding ortho intramolecular Hbond substituents is 1. The first-order chi connectivity index (χ1) is 10.0. The van der Waals surface area contributed by atoms with Crippen LogP contribution < -0.4 is 5.73 Å². The van der Waals surface area contributed by atoms with Gasteiger partial charge in [0.1, 0.15) is 11.6 Å². The number of rotatable bonds is 3. The van der Waals surface area contributed by atoms with Crippen LogP contribution in [-0.4, -0.2) is 14.7 Å². The van der Waals surface area contributed by atoms with Gasteiger partial charge in [-0.25, -0.2) is 4.98 Å². The highest BCUT2D eigenvalue weighted by atomic mass is 16.3. The Morgan fingerprint density at radius 3 is 2.62 bits per heavy atom. The van der Waals surface area contributed by atoms with Gasteiger partial charge in [-0.15, -0.1) is 0 Å². The molecule has 21 heavy (non-hydrogen) atoms. The van der Waals surface area contributed by atoms with Gasteiger partial charge in [0, 0.05) is 7.05 Å². The molecule has 108 valence electrons. The standard InChI is InChI=1S/C17H19N3O/c1-11-3-8-16-15(9-11)19-17(20(16)2)14(18)10-12-4-6-13(21)7-5-12/h3-9,14,21H,10,18H2,1-2H3. The fourth-order valence-electron chi connectivity index (χ4n) is 2.64. The molecule has 0 radical (unpaired) electrons. The molecule has 3 N–H and O–H groups in total. The third kappa shape index (κ3) is 2.62.